The van der Waals surface area contributed by atoms with Crippen molar-refractivity contribution in [1.82, 2.24) is 9.80 Å². The van der Waals surface area contributed by atoms with Gasteiger partial charge in [0, 0.05) is 55.9 Å². The molecule has 186 valence electrons. The molecule has 2 aliphatic rings. The monoisotopic (exact) mass is 505 g/mol. The second-order valence-electron chi connectivity index (χ2n) is 8.37. The average molecular weight is 506 g/mol. The Balaban J connectivity index is 1.86. The van der Waals surface area contributed by atoms with E-state index in [1.165, 1.54) is 4.90 Å². The van der Waals surface area contributed by atoms with Crippen molar-refractivity contribution in [3.05, 3.63) is 28.8 Å². The molecule has 0 spiro atoms. The van der Waals surface area contributed by atoms with Crippen LogP contribution in [-0.2, 0) is 6.54 Å². The molecule has 0 aromatic heterocycles. The number of piperazine rings is 1. The second kappa shape index (κ2) is 9.73. The Bertz CT molecular complexity index is 838. The van der Waals surface area contributed by atoms with Crippen LogP contribution in [0, 0.1) is 11.8 Å². The Morgan fingerprint density at radius 3 is 2.30 bits per heavy atom. The standard InChI is InChI=1S/C20H23ClF7N3O2/c21-14-2-1-13(15(7-14)30-4-3-12(8-22)9-30)10-29-5-6-31(18(32)33)16(11-29)17(19(23,24)25)20(26,27)28/h1-2,7,12,16-17H,3-6,8-11H2,(H,32,33)/t12-,16?/m1/s1. The molecule has 0 aliphatic carbocycles. The summed E-state index contributed by atoms with van der Waals surface area (Å²) in [4.78, 5) is 14.9. The van der Waals surface area contributed by atoms with Crippen molar-refractivity contribution in [1.29, 1.82) is 0 Å². The smallest absolute Gasteiger partial charge is 0.407 e. The van der Waals surface area contributed by atoms with Crippen LogP contribution < -0.4 is 4.90 Å². The molecule has 2 atom stereocenters. The molecule has 13 heteroatoms. The third kappa shape index (κ3) is 5.95. The van der Waals surface area contributed by atoms with E-state index in [1.54, 1.807) is 18.2 Å². The third-order valence-corrected chi connectivity index (χ3v) is 6.36. The van der Waals surface area contributed by atoms with E-state index in [0.29, 0.717) is 35.8 Å². The van der Waals surface area contributed by atoms with Gasteiger partial charge in [0.2, 0.25) is 0 Å². The Morgan fingerprint density at radius 2 is 1.76 bits per heavy atom. The van der Waals surface area contributed by atoms with Crippen LogP contribution in [0.15, 0.2) is 18.2 Å². The van der Waals surface area contributed by atoms with Crippen LogP contribution in [0.2, 0.25) is 5.02 Å². The molecule has 5 nitrogen and oxygen atoms in total. The van der Waals surface area contributed by atoms with Crippen LogP contribution >= 0.6 is 11.6 Å². The number of amides is 1. The zero-order valence-electron chi connectivity index (χ0n) is 17.3. The topological polar surface area (TPSA) is 47.0 Å². The van der Waals surface area contributed by atoms with Crippen LogP contribution in [0.3, 0.4) is 0 Å². The van der Waals surface area contributed by atoms with Gasteiger partial charge < -0.3 is 14.9 Å². The quantitative estimate of drug-likeness (QED) is 0.570. The van der Waals surface area contributed by atoms with Gasteiger partial charge in [0.1, 0.15) is 0 Å². The van der Waals surface area contributed by atoms with Gasteiger partial charge in [-0.3, -0.25) is 9.29 Å². The summed E-state index contributed by atoms with van der Waals surface area (Å²) in [6.07, 6.45) is -12.6. The van der Waals surface area contributed by atoms with Gasteiger partial charge in [-0.1, -0.05) is 17.7 Å². The van der Waals surface area contributed by atoms with Gasteiger partial charge in [-0.25, -0.2) is 4.79 Å². The molecule has 1 aromatic carbocycles. The molecular weight excluding hydrogens is 483 g/mol. The van der Waals surface area contributed by atoms with Gasteiger partial charge in [-0.15, -0.1) is 0 Å². The Hall–Kier alpha value is -1.95. The highest BCUT2D eigenvalue weighted by molar-refractivity contribution is 6.30. The van der Waals surface area contributed by atoms with E-state index in [4.69, 9.17) is 11.6 Å². The number of carbonyl (C=O) groups is 1. The molecule has 1 amide bonds. The summed E-state index contributed by atoms with van der Waals surface area (Å²) >= 11 is 6.09. The van der Waals surface area contributed by atoms with E-state index in [1.807, 2.05) is 4.90 Å². The number of hydrogen-bond acceptors (Lipinski definition) is 3. The zero-order valence-corrected chi connectivity index (χ0v) is 18.1. The Kier molecular flexibility index (Phi) is 7.57. The number of anilines is 1. The second-order valence-corrected chi connectivity index (χ2v) is 8.80. The predicted octanol–water partition coefficient (Wildman–Crippen LogP) is 5.04. The van der Waals surface area contributed by atoms with Crippen LogP contribution in [0.5, 0.6) is 0 Å². The summed E-state index contributed by atoms with van der Waals surface area (Å²) in [5.41, 5.74) is 1.25. The molecule has 2 heterocycles. The van der Waals surface area contributed by atoms with E-state index in [9.17, 15) is 40.6 Å². The fourth-order valence-corrected chi connectivity index (χ4v) is 4.71. The maximum atomic E-state index is 13.4. The number of benzene rings is 1. The minimum Gasteiger partial charge on any atom is -0.465 e. The highest BCUT2D eigenvalue weighted by atomic mass is 35.5. The number of carboxylic acid groups (broad SMARTS) is 1. The van der Waals surface area contributed by atoms with E-state index < -0.39 is 50.2 Å². The van der Waals surface area contributed by atoms with Crippen LogP contribution in [0.25, 0.3) is 0 Å². The lowest BCUT2D eigenvalue weighted by Crippen LogP contribution is -2.62. The van der Waals surface area contributed by atoms with Gasteiger partial charge >= 0.3 is 18.4 Å². The van der Waals surface area contributed by atoms with Crippen molar-refractivity contribution in [2.45, 2.75) is 31.4 Å². The molecule has 0 saturated carbocycles. The van der Waals surface area contributed by atoms with E-state index >= 15 is 0 Å². The molecule has 1 aromatic rings. The molecule has 0 radical (unpaired) electrons. The van der Waals surface area contributed by atoms with E-state index in [0.717, 1.165) is 0 Å². The molecule has 0 bridgehead atoms. The summed E-state index contributed by atoms with van der Waals surface area (Å²) in [6, 6.07) is 2.48. The molecule has 2 fully saturated rings. The van der Waals surface area contributed by atoms with E-state index in [-0.39, 0.29) is 23.9 Å². The normalized spacial score (nSPS) is 22.9. The number of halogens is 8. The summed E-state index contributed by atoms with van der Waals surface area (Å²) < 4.78 is 93.2. The van der Waals surface area contributed by atoms with Crippen molar-refractivity contribution >= 4 is 23.4 Å². The average Bonchev–Trinajstić information content (AvgIpc) is 3.16. The first kappa shape index (κ1) is 25.7. The lowest BCUT2D eigenvalue weighted by molar-refractivity contribution is -0.300. The number of rotatable bonds is 5. The highest BCUT2D eigenvalue weighted by Crippen LogP contribution is 2.44. The summed E-state index contributed by atoms with van der Waals surface area (Å²) in [7, 11) is 0. The van der Waals surface area contributed by atoms with Crippen molar-refractivity contribution < 1.29 is 40.6 Å². The molecule has 1 N–H and O–H groups in total. The molecule has 2 aliphatic heterocycles. The lowest BCUT2D eigenvalue weighted by Gasteiger charge is -2.44. The molecule has 1 unspecified atom stereocenters. The summed E-state index contributed by atoms with van der Waals surface area (Å²) in [6.45, 7) is -0.826. The van der Waals surface area contributed by atoms with Crippen molar-refractivity contribution in [2.24, 2.45) is 11.8 Å². The largest absolute Gasteiger partial charge is 0.465 e. The highest BCUT2D eigenvalue weighted by Gasteiger charge is 2.62. The summed E-state index contributed by atoms with van der Waals surface area (Å²) in [5.74, 6) is -3.97. The van der Waals surface area contributed by atoms with Gasteiger partial charge in [0.15, 0.2) is 5.92 Å². The SMILES string of the molecule is O=C(O)N1CCN(Cc2ccc(Cl)cc2N2CC[C@H](CF)C2)CC1C(C(F)(F)F)C(F)(F)F. The van der Waals surface area contributed by atoms with Crippen LogP contribution in [0.1, 0.15) is 12.0 Å². The summed E-state index contributed by atoms with van der Waals surface area (Å²) in [5, 5.41) is 9.64. The minimum absolute atomic E-state index is 0.00428. The fraction of sp³-hybridized carbons (Fsp3) is 0.650. The third-order valence-electron chi connectivity index (χ3n) is 6.12. The van der Waals surface area contributed by atoms with Crippen molar-refractivity contribution in [3.8, 4) is 0 Å². The van der Waals surface area contributed by atoms with E-state index in [2.05, 4.69) is 0 Å². The maximum Gasteiger partial charge on any atom is 0.407 e. The number of nitrogens with zero attached hydrogens (tertiary/aromatic N) is 3. The zero-order chi connectivity index (χ0) is 24.6. The fourth-order valence-electron chi connectivity index (χ4n) is 4.54. The molecule has 33 heavy (non-hydrogen) atoms. The Morgan fingerprint density at radius 1 is 1.09 bits per heavy atom. The minimum atomic E-state index is -5.66. The predicted molar refractivity (Wildman–Crippen MR) is 107 cm³/mol. The van der Waals surface area contributed by atoms with Gasteiger partial charge in [-0.05, 0) is 24.1 Å². The first-order valence-electron chi connectivity index (χ1n) is 10.3. The lowest BCUT2D eigenvalue weighted by atomic mass is 9.94. The maximum absolute atomic E-state index is 13.4. The molecule has 3 rings (SSSR count). The van der Waals surface area contributed by atoms with Crippen molar-refractivity contribution in [2.75, 3.05) is 44.3 Å². The first-order valence-corrected chi connectivity index (χ1v) is 10.6. The number of hydrogen-bond donors (Lipinski definition) is 1. The number of alkyl halides is 7. The van der Waals surface area contributed by atoms with Gasteiger partial charge in [-0.2, -0.15) is 26.3 Å². The van der Waals surface area contributed by atoms with Crippen LogP contribution in [-0.4, -0.2) is 78.8 Å². The Labute approximate surface area is 190 Å². The van der Waals surface area contributed by atoms with Gasteiger partial charge in [0.25, 0.3) is 0 Å². The van der Waals surface area contributed by atoms with Gasteiger partial charge in [0.05, 0.1) is 12.7 Å². The van der Waals surface area contributed by atoms with Crippen LogP contribution in [0.4, 0.5) is 41.2 Å². The van der Waals surface area contributed by atoms with Crippen molar-refractivity contribution in [3.63, 3.8) is 0 Å². The molecule has 2 saturated heterocycles. The first-order chi connectivity index (χ1) is 15.3. The molecular formula is C20H23ClF7N3O2.